The van der Waals surface area contributed by atoms with Gasteiger partial charge in [-0.15, -0.1) is 11.3 Å². The highest BCUT2D eigenvalue weighted by atomic mass is 32.2. The molecular weight excluding hydrogens is 544 g/mol. The molecule has 0 unspecified atom stereocenters. The summed E-state index contributed by atoms with van der Waals surface area (Å²) >= 11 is 2.88. The van der Waals surface area contributed by atoms with Crippen molar-refractivity contribution in [1.29, 1.82) is 0 Å². The van der Waals surface area contributed by atoms with Crippen molar-refractivity contribution in [1.82, 2.24) is 4.98 Å². The summed E-state index contributed by atoms with van der Waals surface area (Å²) in [5.74, 6) is 1.04. The molecule has 1 aliphatic heterocycles. The third kappa shape index (κ3) is 6.93. The molecule has 0 bridgehead atoms. The van der Waals surface area contributed by atoms with Crippen LogP contribution in [0, 0.1) is 5.92 Å². The number of carbonyl (C=O) groups is 2. The molecule has 1 aromatic heterocycles. The van der Waals surface area contributed by atoms with Crippen molar-refractivity contribution in [3.05, 3.63) is 72.3 Å². The number of aliphatic hydroxyl groups excluding tert-OH is 1. The average Bonchev–Trinajstić information content (AvgIpc) is 3.39. The molecule has 1 saturated heterocycles. The zero-order valence-electron chi connectivity index (χ0n) is 22.3. The number of ether oxygens (including phenoxy) is 1. The minimum atomic E-state index is -0.247. The van der Waals surface area contributed by atoms with Crippen molar-refractivity contribution in [3.63, 3.8) is 0 Å². The van der Waals surface area contributed by atoms with Crippen LogP contribution < -0.4 is 20.3 Å². The quantitative estimate of drug-likeness (QED) is 0.202. The number of nitrogens with one attached hydrogen (secondary N) is 2. The lowest BCUT2D eigenvalue weighted by molar-refractivity contribution is -0.113. The number of benzene rings is 3. The Labute approximate surface area is 241 Å². The number of para-hydroxylation sites is 1. The number of hydrogen-bond acceptors (Lipinski definition) is 8. The number of rotatable bonds is 10. The third-order valence-electron chi connectivity index (χ3n) is 6.97. The van der Waals surface area contributed by atoms with Crippen LogP contribution in [0.25, 0.3) is 10.2 Å². The molecule has 40 heavy (non-hydrogen) atoms. The summed E-state index contributed by atoms with van der Waals surface area (Å²) in [6.45, 7) is 2.25. The number of thioether (sulfide) groups is 1. The summed E-state index contributed by atoms with van der Waals surface area (Å²) in [7, 11) is 1.54. The lowest BCUT2D eigenvalue weighted by Gasteiger charge is -2.33. The van der Waals surface area contributed by atoms with E-state index in [1.54, 1.807) is 18.2 Å². The van der Waals surface area contributed by atoms with E-state index in [1.807, 2.05) is 48.5 Å². The van der Waals surface area contributed by atoms with Gasteiger partial charge in [0.05, 0.1) is 28.6 Å². The van der Waals surface area contributed by atoms with Crippen molar-refractivity contribution in [2.24, 2.45) is 5.92 Å². The molecule has 1 aliphatic rings. The maximum absolute atomic E-state index is 12.7. The van der Waals surface area contributed by atoms with Crippen LogP contribution in [0.5, 0.6) is 5.75 Å². The second-order valence-corrected chi connectivity index (χ2v) is 11.9. The van der Waals surface area contributed by atoms with Crippen LogP contribution in [0.4, 0.5) is 17.1 Å². The van der Waals surface area contributed by atoms with E-state index in [9.17, 15) is 9.59 Å². The fourth-order valence-corrected chi connectivity index (χ4v) is 6.72. The Morgan fingerprint density at radius 2 is 1.80 bits per heavy atom. The van der Waals surface area contributed by atoms with Gasteiger partial charge in [-0.3, -0.25) is 9.59 Å². The van der Waals surface area contributed by atoms with Crippen LogP contribution >= 0.6 is 23.1 Å². The molecule has 2 heterocycles. The van der Waals surface area contributed by atoms with Crippen LogP contribution in [-0.2, 0) is 4.79 Å². The maximum Gasteiger partial charge on any atom is 0.259 e. The zero-order valence-corrected chi connectivity index (χ0v) is 23.9. The monoisotopic (exact) mass is 576 g/mol. The van der Waals surface area contributed by atoms with Crippen molar-refractivity contribution < 1.29 is 19.4 Å². The molecule has 0 atom stereocenters. The molecule has 0 saturated carbocycles. The molecular formula is C30H32N4O4S2. The molecule has 208 valence electrons. The number of piperidine rings is 1. The number of thiazole rings is 1. The topological polar surface area (TPSA) is 104 Å². The van der Waals surface area contributed by atoms with E-state index in [0.717, 1.165) is 58.3 Å². The van der Waals surface area contributed by atoms with Crippen LogP contribution in [0.1, 0.15) is 29.6 Å². The fraction of sp³-hybridized carbons (Fsp3) is 0.300. The largest absolute Gasteiger partial charge is 0.496 e. The number of anilines is 3. The van der Waals surface area contributed by atoms with Crippen molar-refractivity contribution >= 4 is 62.2 Å². The molecule has 8 nitrogen and oxygen atoms in total. The second kappa shape index (κ2) is 13.2. The number of fused-ring (bicyclic) bond motifs is 1. The molecule has 0 radical (unpaired) electrons. The molecule has 4 aromatic rings. The SMILES string of the molecule is COc1ccccc1C(=O)Nc1ccc2nc(SCC(=O)Nc3ccc(N4CCC(CCO)CC4)cc3)sc2c1. The second-order valence-electron chi connectivity index (χ2n) is 9.64. The van der Waals surface area contributed by atoms with E-state index in [-0.39, 0.29) is 24.2 Å². The van der Waals surface area contributed by atoms with Crippen LogP contribution in [0.2, 0.25) is 0 Å². The van der Waals surface area contributed by atoms with Gasteiger partial charge < -0.3 is 25.4 Å². The van der Waals surface area contributed by atoms with Crippen molar-refractivity contribution in [2.75, 3.05) is 48.1 Å². The number of aromatic nitrogens is 1. The number of carbonyl (C=O) groups excluding carboxylic acids is 2. The Morgan fingerprint density at radius 3 is 2.55 bits per heavy atom. The molecule has 5 rings (SSSR count). The molecule has 2 amide bonds. The summed E-state index contributed by atoms with van der Waals surface area (Å²) in [5, 5.41) is 15.0. The lowest BCUT2D eigenvalue weighted by atomic mass is 9.93. The Kier molecular flexibility index (Phi) is 9.20. The predicted octanol–water partition coefficient (Wildman–Crippen LogP) is 5.89. The van der Waals surface area contributed by atoms with Crippen LogP contribution in [0.15, 0.2) is 71.1 Å². The minimum Gasteiger partial charge on any atom is -0.496 e. The van der Waals surface area contributed by atoms with Gasteiger partial charge in [-0.25, -0.2) is 4.98 Å². The van der Waals surface area contributed by atoms with Gasteiger partial charge in [-0.05, 0) is 79.8 Å². The predicted molar refractivity (Wildman–Crippen MR) is 163 cm³/mol. The maximum atomic E-state index is 12.7. The summed E-state index contributed by atoms with van der Waals surface area (Å²) in [4.78, 5) is 32.3. The van der Waals surface area contributed by atoms with Crippen LogP contribution in [-0.4, -0.2) is 54.5 Å². The van der Waals surface area contributed by atoms with E-state index in [0.29, 0.717) is 22.9 Å². The standard InChI is InChI=1S/C30H32N4O4S2/c1-38-26-5-3-2-4-24(26)29(37)32-22-8-11-25-27(18-22)40-30(33-25)39-19-28(36)31-21-6-9-23(10-7-21)34-15-12-20(13-16-34)14-17-35/h2-11,18,20,35H,12-17,19H2,1H3,(H,31,36)(H,32,37). The smallest absolute Gasteiger partial charge is 0.259 e. The normalized spacial score (nSPS) is 13.8. The number of methoxy groups -OCH3 is 1. The molecule has 3 N–H and O–H groups in total. The number of aliphatic hydroxyl groups is 1. The Morgan fingerprint density at radius 1 is 1.05 bits per heavy atom. The van der Waals surface area contributed by atoms with E-state index in [4.69, 9.17) is 9.84 Å². The molecule has 0 aliphatic carbocycles. The first-order valence-corrected chi connectivity index (χ1v) is 15.1. The van der Waals surface area contributed by atoms with Gasteiger partial charge >= 0.3 is 0 Å². The van der Waals surface area contributed by atoms with Crippen molar-refractivity contribution in [3.8, 4) is 5.75 Å². The molecule has 1 fully saturated rings. The van der Waals surface area contributed by atoms with E-state index in [1.165, 1.54) is 30.2 Å². The van der Waals surface area contributed by atoms with Crippen molar-refractivity contribution in [2.45, 2.75) is 23.6 Å². The fourth-order valence-electron chi connectivity index (χ4n) is 4.82. The number of nitrogens with zero attached hydrogens (tertiary/aromatic N) is 2. The van der Waals surface area contributed by atoms with Gasteiger partial charge in [0.25, 0.3) is 5.91 Å². The molecule has 0 spiro atoms. The summed E-state index contributed by atoms with van der Waals surface area (Å²) in [6.07, 6.45) is 3.08. The van der Waals surface area contributed by atoms with Gasteiger partial charge in [0.1, 0.15) is 5.75 Å². The molecule has 3 aromatic carbocycles. The Balaban J connectivity index is 1.13. The zero-order chi connectivity index (χ0) is 27.9. The number of amides is 2. The first-order valence-electron chi connectivity index (χ1n) is 13.3. The van der Waals surface area contributed by atoms with Gasteiger partial charge in [-0.2, -0.15) is 0 Å². The Bertz CT molecular complexity index is 1470. The minimum absolute atomic E-state index is 0.0911. The highest BCUT2D eigenvalue weighted by Crippen LogP contribution is 2.32. The first-order chi connectivity index (χ1) is 19.5. The lowest BCUT2D eigenvalue weighted by Crippen LogP contribution is -2.33. The van der Waals surface area contributed by atoms with Crippen LogP contribution in [0.3, 0.4) is 0 Å². The highest BCUT2D eigenvalue weighted by molar-refractivity contribution is 8.01. The summed E-state index contributed by atoms with van der Waals surface area (Å²) in [5.41, 5.74) is 3.87. The number of hydrogen-bond donors (Lipinski definition) is 3. The first kappa shape index (κ1) is 27.9. The van der Waals surface area contributed by atoms with E-state index < -0.39 is 0 Å². The highest BCUT2D eigenvalue weighted by Gasteiger charge is 2.19. The summed E-state index contributed by atoms with van der Waals surface area (Å²) in [6, 6.07) is 20.6. The molecule has 10 heteroatoms. The summed E-state index contributed by atoms with van der Waals surface area (Å²) < 4.78 is 7.01. The van der Waals surface area contributed by atoms with Gasteiger partial charge in [0.15, 0.2) is 4.34 Å². The van der Waals surface area contributed by atoms with Gasteiger partial charge in [0.2, 0.25) is 5.91 Å². The Hall–Kier alpha value is -3.60. The average molecular weight is 577 g/mol. The van der Waals surface area contributed by atoms with E-state index in [2.05, 4.69) is 20.5 Å². The van der Waals surface area contributed by atoms with Gasteiger partial charge in [0, 0.05) is 36.8 Å². The van der Waals surface area contributed by atoms with Gasteiger partial charge in [-0.1, -0.05) is 23.9 Å². The third-order valence-corrected chi connectivity index (χ3v) is 9.13. The van der Waals surface area contributed by atoms with E-state index >= 15 is 0 Å².